The highest BCUT2D eigenvalue weighted by Crippen LogP contribution is 2.34. The third kappa shape index (κ3) is 4.64. The molecule has 5 nitrogen and oxygen atoms in total. The second-order valence-electron chi connectivity index (χ2n) is 7.14. The van der Waals surface area contributed by atoms with Crippen molar-refractivity contribution < 1.29 is 13.9 Å². The minimum atomic E-state index is -0.474. The molecule has 0 fully saturated rings. The molecule has 0 spiro atoms. The van der Waals surface area contributed by atoms with Gasteiger partial charge in [0.15, 0.2) is 16.7 Å². The highest BCUT2D eigenvalue weighted by Gasteiger charge is 2.21. The molecule has 0 saturated heterocycles. The predicted molar refractivity (Wildman–Crippen MR) is 125 cm³/mol. The van der Waals surface area contributed by atoms with E-state index >= 15 is 0 Å². The van der Waals surface area contributed by atoms with Crippen molar-refractivity contribution in [2.24, 2.45) is 5.73 Å². The molecule has 0 saturated carbocycles. The van der Waals surface area contributed by atoms with Gasteiger partial charge in [-0.05, 0) is 47.5 Å². The molecule has 1 atom stereocenters. The molecule has 4 rings (SSSR count). The lowest BCUT2D eigenvalue weighted by Gasteiger charge is -2.18. The first kappa shape index (κ1) is 21.9. The minimum absolute atomic E-state index is 0.293. The number of hydrogen-bond donors (Lipinski definition) is 1. The number of nitrogens with two attached hydrogens (primary N) is 1. The summed E-state index contributed by atoms with van der Waals surface area (Å²) in [4.78, 5) is 4.65. The van der Waals surface area contributed by atoms with Crippen molar-refractivity contribution in [3.63, 3.8) is 0 Å². The lowest BCUT2D eigenvalue weighted by atomic mass is 10.0. The van der Waals surface area contributed by atoms with E-state index in [4.69, 9.17) is 15.2 Å². The van der Waals surface area contributed by atoms with Crippen molar-refractivity contribution in [3.8, 4) is 17.2 Å². The number of methoxy groups -OCH3 is 2. The van der Waals surface area contributed by atoms with E-state index in [1.54, 1.807) is 44.3 Å². The first-order valence-corrected chi connectivity index (χ1v) is 11.1. The molecule has 0 aliphatic carbocycles. The molecule has 0 radical (unpaired) electrons. The van der Waals surface area contributed by atoms with E-state index < -0.39 is 6.04 Å². The highest BCUT2D eigenvalue weighted by atomic mass is 32.2. The topological polar surface area (TPSA) is 62.3 Å². The maximum atomic E-state index is 13.6. The molecule has 1 unspecified atom stereocenters. The van der Waals surface area contributed by atoms with Gasteiger partial charge in [-0.25, -0.2) is 9.37 Å². The first-order valence-electron chi connectivity index (χ1n) is 10.1. The van der Waals surface area contributed by atoms with Gasteiger partial charge in [0.1, 0.15) is 5.82 Å². The monoisotopic (exact) mass is 449 g/mol. The van der Waals surface area contributed by atoms with Crippen LogP contribution in [-0.4, -0.2) is 23.8 Å². The molecule has 0 aliphatic rings. The average Bonchev–Trinajstić information content (AvgIpc) is 3.26. The standard InChI is InChI=1S/C25H24FN3O2S/c1-30-22-13-8-18(14-23(22)31-2)24(27)21-15-28-25(32-16-17-6-4-3-5-7-17)29(21)20-11-9-19(26)10-12-20/h3-15,24H,16,27H2,1-2H3. The van der Waals surface area contributed by atoms with Crippen LogP contribution in [0.25, 0.3) is 5.69 Å². The average molecular weight is 450 g/mol. The van der Waals surface area contributed by atoms with Crippen LogP contribution in [0, 0.1) is 5.82 Å². The fraction of sp³-hybridized carbons (Fsp3) is 0.160. The van der Waals surface area contributed by atoms with Gasteiger partial charge in [-0.15, -0.1) is 0 Å². The van der Waals surface area contributed by atoms with Crippen molar-refractivity contribution in [1.29, 1.82) is 0 Å². The van der Waals surface area contributed by atoms with E-state index in [1.807, 2.05) is 41.0 Å². The fourth-order valence-corrected chi connectivity index (χ4v) is 4.41. The zero-order valence-electron chi connectivity index (χ0n) is 17.9. The predicted octanol–water partition coefficient (Wildman–Crippen LogP) is 5.37. The largest absolute Gasteiger partial charge is 0.493 e. The SMILES string of the molecule is COc1ccc(C(N)c2cnc(SCc3ccccc3)n2-c2ccc(F)cc2)cc1OC. The summed E-state index contributed by atoms with van der Waals surface area (Å²) in [6.45, 7) is 0. The van der Waals surface area contributed by atoms with Crippen LogP contribution in [-0.2, 0) is 5.75 Å². The Hall–Kier alpha value is -3.29. The quantitative estimate of drug-likeness (QED) is 0.367. The number of thioether (sulfide) groups is 1. The molecular formula is C25H24FN3O2S. The summed E-state index contributed by atoms with van der Waals surface area (Å²) < 4.78 is 26.3. The summed E-state index contributed by atoms with van der Waals surface area (Å²) in [6.07, 6.45) is 1.78. The Bertz CT molecular complexity index is 1180. The van der Waals surface area contributed by atoms with E-state index in [0.717, 1.165) is 27.9 Å². The molecule has 164 valence electrons. The summed E-state index contributed by atoms with van der Waals surface area (Å²) in [6, 6.07) is 21.6. The molecule has 3 aromatic carbocycles. The van der Waals surface area contributed by atoms with Gasteiger partial charge in [0, 0.05) is 11.4 Å². The maximum Gasteiger partial charge on any atom is 0.173 e. The Morgan fingerprint density at radius 2 is 1.69 bits per heavy atom. The molecular weight excluding hydrogens is 425 g/mol. The van der Waals surface area contributed by atoms with Gasteiger partial charge in [0.05, 0.1) is 32.2 Å². The summed E-state index contributed by atoms with van der Waals surface area (Å²) in [5.74, 6) is 1.70. The molecule has 32 heavy (non-hydrogen) atoms. The van der Waals surface area contributed by atoms with Gasteiger partial charge in [0.2, 0.25) is 0 Å². The van der Waals surface area contributed by atoms with E-state index in [1.165, 1.54) is 17.7 Å². The van der Waals surface area contributed by atoms with Crippen LogP contribution < -0.4 is 15.2 Å². The van der Waals surface area contributed by atoms with Gasteiger partial charge in [-0.2, -0.15) is 0 Å². The van der Waals surface area contributed by atoms with E-state index in [2.05, 4.69) is 17.1 Å². The zero-order valence-corrected chi connectivity index (χ0v) is 18.7. The molecule has 2 N–H and O–H groups in total. The smallest absolute Gasteiger partial charge is 0.173 e. The summed E-state index contributed by atoms with van der Waals surface area (Å²) in [7, 11) is 3.19. The number of halogens is 1. The van der Waals surface area contributed by atoms with Crippen LogP contribution in [0.2, 0.25) is 0 Å². The maximum absolute atomic E-state index is 13.6. The number of nitrogens with zero attached hydrogens (tertiary/aromatic N) is 2. The van der Waals surface area contributed by atoms with Crippen LogP contribution in [0.1, 0.15) is 22.9 Å². The normalized spacial score (nSPS) is 11.9. The number of hydrogen-bond acceptors (Lipinski definition) is 5. The van der Waals surface area contributed by atoms with Crippen molar-refractivity contribution in [1.82, 2.24) is 9.55 Å². The Kier molecular flexibility index (Phi) is 6.78. The molecule has 1 heterocycles. The zero-order chi connectivity index (χ0) is 22.5. The number of ether oxygens (including phenoxy) is 2. The molecule has 0 amide bonds. The number of benzene rings is 3. The van der Waals surface area contributed by atoms with Gasteiger partial charge < -0.3 is 15.2 Å². The third-order valence-corrected chi connectivity index (χ3v) is 6.16. The van der Waals surface area contributed by atoms with Crippen LogP contribution in [0.5, 0.6) is 11.5 Å². The number of imidazole rings is 1. The van der Waals surface area contributed by atoms with Gasteiger partial charge in [-0.3, -0.25) is 4.57 Å². The second kappa shape index (κ2) is 9.89. The Morgan fingerprint density at radius 3 is 2.38 bits per heavy atom. The lowest BCUT2D eigenvalue weighted by molar-refractivity contribution is 0.354. The van der Waals surface area contributed by atoms with Crippen molar-refractivity contribution in [2.75, 3.05) is 14.2 Å². The van der Waals surface area contributed by atoms with Crippen molar-refractivity contribution >= 4 is 11.8 Å². The summed E-state index contributed by atoms with van der Waals surface area (Å²) in [5.41, 5.74) is 10.3. The second-order valence-corrected chi connectivity index (χ2v) is 8.09. The third-order valence-electron chi connectivity index (χ3n) is 5.14. The van der Waals surface area contributed by atoms with Crippen LogP contribution in [0.15, 0.2) is 84.1 Å². The van der Waals surface area contributed by atoms with Gasteiger partial charge in [-0.1, -0.05) is 48.2 Å². The molecule has 1 aromatic heterocycles. The van der Waals surface area contributed by atoms with Crippen molar-refractivity contribution in [3.05, 3.63) is 102 Å². The Balaban J connectivity index is 1.72. The molecule has 4 aromatic rings. The van der Waals surface area contributed by atoms with Crippen LogP contribution in [0.3, 0.4) is 0 Å². The van der Waals surface area contributed by atoms with Crippen LogP contribution in [0.4, 0.5) is 4.39 Å². The van der Waals surface area contributed by atoms with E-state index in [0.29, 0.717) is 11.5 Å². The summed E-state index contributed by atoms with van der Waals surface area (Å²) in [5, 5.41) is 0.784. The van der Waals surface area contributed by atoms with E-state index in [9.17, 15) is 4.39 Å². The van der Waals surface area contributed by atoms with Crippen molar-refractivity contribution in [2.45, 2.75) is 17.0 Å². The number of aromatic nitrogens is 2. The molecule has 7 heteroatoms. The van der Waals surface area contributed by atoms with Gasteiger partial charge in [0.25, 0.3) is 0 Å². The fourth-order valence-electron chi connectivity index (χ4n) is 3.46. The Labute approximate surface area is 191 Å². The molecule has 0 aliphatic heterocycles. The Morgan fingerprint density at radius 1 is 0.969 bits per heavy atom. The van der Waals surface area contributed by atoms with Crippen LogP contribution >= 0.6 is 11.8 Å². The lowest BCUT2D eigenvalue weighted by Crippen LogP contribution is -2.16. The first-order chi connectivity index (χ1) is 15.6. The molecule has 0 bridgehead atoms. The summed E-state index contributed by atoms with van der Waals surface area (Å²) >= 11 is 1.60. The van der Waals surface area contributed by atoms with Gasteiger partial charge >= 0.3 is 0 Å². The number of rotatable bonds is 8. The highest BCUT2D eigenvalue weighted by molar-refractivity contribution is 7.98. The minimum Gasteiger partial charge on any atom is -0.493 e. The van der Waals surface area contributed by atoms with E-state index in [-0.39, 0.29) is 5.82 Å².